The number of halogens is 1. The summed E-state index contributed by atoms with van der Waals surface area (Å²) in [4.78, 5) is 5.91. The number of benzene rings is 1. The monoisotopic (exact) mass is 382 g/mol. The van der Waals surface area contributed by atoms with Crippen LogP contribution in [-0.4, -0.2) is 47.8 Å². The van der Waals surface area contributed by atoms with E-state index in [1.165, 1.54) is 6.20 Å². The number of para-hydroxylation sites is 1. The van der Waals surface area contributed by atoms with E-state index in [9.17, 15) is 9.50 Å². The molecule has 1 N–H and O–H groups in total. The van der Waals surface area contributed by atoms with E-state index in [1.807, 2.05) is 32.0 Å². The van der Waals surface area contributed by atoms with Crippen LogP contribution in [0.4, 0.5) is 4.39 Å². The smallest absolute Gasteiger partial charge is 0.173 e. The average Bonchev–Trinajstić information content (AvgIpc) is 3.30. The molecule has 8 heteroatoms. The Kier molecular flexibility index (Phi) is 5.15. The third-order valence-corrected chi connectivity index (χ3v) is 5.51. The van der Waals surface area contributed by atoms with E-state index in [0.29, 0.717) is 17.9 Å². The van der Waals surface area contributed by atoms with Gasteiger partial charge in [0.05, 0.1) is 24.5 Å². The van der Waals surface area contributed by atoms with Gasteiger partial charge in [0.1, 0.15) is 5.82 Å². The van der Waals surface area contributed by atoms with Crippen LogP contribution in [0.15, 0.2) is 36.7 Å². The van der Waals surface area contributed by atoms with Gasteiger partial charge in [-0.2, -0.15) is 4.68 Å². The first-order valence-corrected chi connectivity index (χ1v) is 9.40. The Morgan fingerprint density at radius 1 is 1.18 bits per heavy atom. The van der Waals surface area contributed by atoms with Gasteiger partial charge < -0.3 is 5.11 Å². The zero-order chi connectivity index (χ0) is 19.7. The van der Waals surface area contributed by atoms with Crippen molar-refractivity contribution in [1.29, 1.82) is 0 Å². The Morgan fingerprint density at radius 3 is 2.68 bits per heavy atom. The minimum Gasteiger partial charge on any atom is -0.395 e. The van der Waals surface area contributed by atoms with Gasteiger partial charge in [-0.3, -0.25) is 9.88 Å². The van der Waals surface area contributed by atoms with Gasteiger partial charge in [0, 0.05) is 24.3 Å². The number of aliphatic hydroxyl groups excluding tert-OH is 1. The quantitative estimate of drug-likeness (QED) is 0.730. The molecule has 0 bridgehead atoms. The summed E-state index contributed by atoms with van der Waals surface area (Å²) in [7, 11) is 0. The molecule has 1 aliphatic rings. The molecule has 0 radical (unpaired) electrons. The van der Waals surface area contributed by atoms with Crippen LogP contribution in [0.2, 0.25) is 0 Å². The number of pyridine rings is 1. The molecule has 2 atom stereocenters. The number of aliphatic hydroxyl groups is 1. The van der Waals surface area contributed by atoms with E-state index in [4.69, 9.17) is 0 Å². The molecule has 1 saturated heterocycles. The van der Waals surface area contributed by atoms with Crippen molar-refractivity contribution in [3.8, 4) is 5.69 Å². The van der Waals surface area contributed by atoms with Crippen LogP contribution in [0.25, 0.3) is 5.69 Å². The van der Waals surface area contributed by atoms with Crippen LogP contribution in [-0.2, 0) is 6.54 Å². The van der Waals surface area contributed by atoms with Crippen molar-refractivity contribution in [1.82, 2.24) is 30.1 Å². The number of rotatable bonds is 5. The van der Waals surface area contributed by atoms with Crippen molar-refractivity contribution in [2.75, 3.05) is 6.61 Å². The molecule has 2 aromatic heterocycles. The predicted octanol–water partition coefficient (Wildman–Crippen LogP) is 2.51. The topological polar surface area (TPSA) is 80.0 Å². The standard InChI is InChI=1S/C20H23FN6O/c1-13-4-3-5-14(2)19(13)27-20(23-24-25-27)18-7-6-16(12-28)26(18)11-15-8-9-22-10-17(15)21/h3-5,8-10,16,18,28H,6-7,11-12H2,1-2H3/t16-,18-/m0/s1. The molecule has 4 rings (SSSR count). The van der Waals surface area contributed by atoms with E-state index >= 15 is 0 Å². The summed E-state index contributed by atoms with van der Waals surface area (Å²) in [5.41, 5.74) is 3.67. The number of tetrazole rings is 1. The van der Waals surface area contributed by atoms with Gasteiger partial charge in [0.25, 0.3) is 0 Å². The lowest BCUT2D eigenvalue weighted by Crippen LogP contribution is -2.35. The van der Waals surface area contributed by atoms with Crippen LogP contribution in [0.1, 0.15) is 41.4 Å². The Hall–Kier alpha value is -2.71. The maximum Gasteiger partial charge on any atom is 0.173 e. The number of hydrogen-bond donors (Lipinski definition) is 1. The number of likely N-dealkylation sites (tertiary alicyclic amines) is 1. The second kappa shape index (κ2) is 7.73. The van der Waals surface area contributed by atoms with Gasteiger partial charge in [-0.15, -0.1) is 5.10 Å². The summed E-state index contributed by atoms with van der Waals surface area (Å²) in [6.07, 6.45) is 4.39. The largest absolute Gasteiger partial charge is 0.395 e. The molecule has 3 aromatic rings. The highest BCUT2D eigenvalue weighted by atomic mass is 19.1. The predicted molar refractivity (Wildman–Crippen MR) is 101 cm³/mol. The first-order chi connectivity index (χ1) is 13.6. The van der Waals surface area contributed by atoms with Crippen molar-refractivity contribution in [3.63, 3.8) is 0 Å². The van der Waals surface area contributed by atoms with E-state index in [2.05, 4.69) is 25.4 Å². The third kappa shape index (κ3) is 3.29. The van der Waals surface area contributed by atoms with Crippen molar-refractivity contribution < 1.29 is 9.50 Å². The van der Waals surface area contributed by atoms with Crippen LogP contribution in [0.5, 0.6) is 0 Å². The lowest BCUT2D eigenvalue weighted by Gasteiger charge is -2.29. The zero-order valence-corrected chi connectivity index (χ0v) is 16.0. The minimum absolute atomic E-state index is 0.00810. The Morgan fingerprint density at radius 2 is 1.96 bits per heavy atom. The normalized spacial score (nSPS) is 20.0. The van der Waals surface area contributed by atoms with Gasteiger partial charge in [-0.25, -0.2) is 4.39 Å². The third-order valence-electron chi connectivity index (χ3n) is 5.51. The summed E-state index contributed by atoms with van der Waals surface area (Å²) in [6.45, 7) is 4.43. The Balaban J connectivity index is 1.73. The van der Waals surface area contributed by atoms with E-state index in [-0.39, 0.29) is 24.5 Å². The molecule has 1 aliphatic heterocycles. The van der Waals surface area contributed by atoms with Gasteiger partial charge in [0.15, 0.2) is 5.82 Å². The van der Waals surface area contributed by atoms with Crippen LogP contribution in [0, 0.1) is 19.7 Å². The molecule has 0 aliphatic carbocycles. The molecule has 1 fully saturated rings. The molecule has 1 aromatic carbocycles. The molecule has 0 unspecified atom stereocenters. The number of hydrogen-bond acceptors (Lipinski definition) is 6. The summed E-state index contributed by atoms with van der Waals surface area (Å²) in [5, 5.41) is 22.3. The minimum atomic E-state index is -0.348. The molecule has 0 spiro atoms. The molecule has 28 heavy (non-hydrogen) atoms. The summed E-state index contributed by atoms with van der Waals surface area (Å²) >= 11 is 0. The Labute approximate surface area is 162 Å². The molecular formula is C20H23FN6O. The number of aromatic nitrogens is 5. The first-order valence-electron chi connectivity index (χ1n) is 9.40. The second-order valence-electron chi connectivity index (χ2n) is 7.26. The van der Waals surface area contributed by atoms with Crippen molar-refractivity contribution in [2.45, 2.75) is 45.3 Å². The van der Waals surface area contributed by atoms with Gasteiger partial charge in [-0.05, 0) is 54.3 Å². The fourth-order valence-electron chi connectivity index (χ4n) is 4.08. The van der Waals surface area contributed by atoms with E-state index < -0.39 is 0 Å². The van der Waals surface area contributed by atoms with Crippen molar-refractivity contribution in [3.05, 3.63) is 65.0 Å². The molecular weight excluding hydrogens is 359 g/mol. The summed E-state index contributed by atoms with van der Waals surface area (Å²) < 4.78 is 16.0. The fourth-order valence-corrected chi connectivity index (χ4v) is 4.08. The van der Waals surface area contributed by atoms with Gasteiger partial charge in [-0.1, -0.05) is 18.2 Å². The lowest BCUT2D eigenvalue weighted by atomic mass is 10.1. The Bertz CT molecular complexity index is 955. The van der Waals surface area contributed by atoms with Crippen LogP contribution >= 0.6 is 0 Å². The number of aryl methyl sites for hydroxylation is 2. The van der Waals surface area contributed by atoms with Crippen LogP contribution < -0.4 is 0 Å². The fraction of sp³-hybridized carbons (Fsp3) is 0.400. The van der Waals surface area contributed by atoms with Gasteiger partial charge in [0.2, 0.25) is 0 Å². The summed E-state index contributed by atoms with van der Waals surface area (Å²) in [5.74, 6) is 0.363. The molecule has 146 valence electrons. The van der Waals surface area contributed by atoms with E-state index in [1.54, 1.807) is 16.9 Å². The highest BCUT2D eigenvalue weighted by Gasteiger charge is 2.38. The zero-order valence-electron chi connectivity index (χ0n) is 16.0. The number of nitrogens with zero attached hydrogens (tertiary/aromatic N) is 6. The summed E-state index contributed by atoms with van der Waals surface area (Å²) in [6, 6.07) is 7.56. The maximum atomic E-state index is 14.2. The lowest BCUT2D eigenvalue weighted by molar-refractivity contribution is 0.117. The van der Waals surface area contributed by atoms with Crippen molar-refractivity contribution >= 4 is 0 Å². The maximum absolute atomic E-state index is 14.2. The molecule has 0 saturated carbocycles. The van der Waals surface area contributed by atoms with Crippen molar-refractivity contribution in [2.24, 2.45) is 0 Å². The van der Waals surface area contributed by atoms with E-state index in [0.717, 1.165) is 29.7 Å². The molecule has 3 heterocycles. The molecule has 7 nitrogen and oxygen atoms in total. The highest BCUT2D eigenvalue weighted by Crippen LogP contribution is 2.37. The first kappa shape index (κ1) is 18.6. The SMILES string of the molecule is Cc1cccc(C)c1-n1nnnc1[C@@H]1CC[C@@H](CO)N1Cc1ccncc1F. The highest BCUT2D eigenvalue weighted by molar-refractivity contribution is 5.46. The average molecular weight is 382 g/mol. The second-order valence-corrected chi connectivity index (χ2v) is 7.26. The molecule has 0 amide bonds. The van der Waals surface area contributed by atoms with Gasteiger partial charge >= 0.3 is 0 Å². The van der Waals surface area contributed by atoms with Crippen LogP contribution in [0.3, 0.4) is 0 Å².